The first-order chi connectivity index (χ1) is 7.86. The van der Waals surface area contributed by atoms with Crippen LogP contribution >= 0.6 is 0 Å². The van der Waals surface area contributed by atoms with Crippen LogP contribution in [-0.4, -0.2) is 21.3 Å². The Hall–Kier alpha value is -1.68. The SMILES string of the molecule is CCC(CN)c1nncn1-c1ccccc1. The fraction of sp³-hybridized carbons (Fsp3) is 0.333. The number of para-hydroxylation sites is 1. The first-order valence-electron chi connectivity index (χ1n) is 5.52. The van der Waals surface area contributed by atoms with Gasteiger partial charge in [-0.3, -0.25) is 4.57 Å². The van der Waals surface area contributed by atoms with Gasteiger partial charge < -0.3 is 5.73 Å². The Bertz CT molecular complexity index is 431. The molecule has 1 aromatic heterocycles. The van der Waals surface area contributed by atoms with Crippen LogP contribution in [-0.2, 0) is 0 Å². The van der Waals surface area contributed by atoms with E-state index in [0.29, 0.717) is 6.54 Å². The van der Waals surface area contributed by atoms with Crippen molar-refractivity contribution in [2.75, 3.05) is 6.54 Å². The van der Waals surface area contributed by atoms with Gasteiger partial charge in [0.05, 0.1) is 0 Å². The third-order valence-corrected chi connectivity index (χ3v) is 2.75. The molecule has 0 bridgehead atoms. The van der Waals surface area contributed by atoms with Crippen LogP contribution in [0.3, 0.4) is 0 Å². The summed E-state index contributed by atoms with van der Waals surface area (Å²) in [5.74, 6) is 1.21. The standard InChI is InChI=1S/C12H16N4/c1-2-10(8-13)12-15-14-9-16(12)11-6-4-3-5-7-11/h3-7,9-10H,2,8,13H2,1H3. The third kappa shape index (κ3) is 1.97. The van der Waals surface area contributed by atoms with Gasteiger partial charge in [0.1, 0.15) is 12.2 Å². The Morgan fingerprint density at radius 2 is 2.06 bits per heavy atom. The second kappa shape index (κ2) is 4.90. The summed E-state index contributed by atoms with van der Waals surface area (Å²) in [6, 6.07) is 10.1. The van der Waals surface area contributed by atoms with Gasteiger partial charge in [-0.05, 0) is 18.6 Å². The predicted molar refractivity (Wildman–Crippen MR) is 63.4 cm³/mol. The van der Waals surface area contributed by atoms with Gasteiger partial charge in [0, 0.05) is 18.2 Å². The summed E-state index contributed by atoms with van der Waals surface area (Å²) in [5.41, 5.74) is 6.82. The molecule has 2 aromatic rings. The minimum absolute atomic E-state index is 0.266. The molecule has 16 heavy (non-hydrogen) atoms. The van der Waals surface area contributed by atoms with Gasteiger partial charge in [0.15, 0.2) is 0 Å². The molecule has 0 saturated carbocycles. The van der Waals surface area contributed by atoms with E-state index >= 15 is 0 Å². The molecule has 1 heterocycles. The van der Waals surface area contributed by atoms with E-state index in [9.17, 15) is 0 Å². The van der Waals surface area contributed by atoms with Crippen LogP contribution in [0.1, 0.15) is 25.1 Å². The summed E-state index contributed by atoms with van der Waals surface area (Å²) in [6.45, 7) is 2.71. The Morgan fingerprint density at radius 3 is 2.69 bits per heavy atom. The molecule has 2 N–H and O–H groups in total. The molecule has 0 saturated heterocycles. The Kier molecular flexibility index (Phi) is 3.31. The lowest BCUT2D eigenvalue weighted by atomic mass is 10.1. The summed E-state index contributed by atoms with van der Waals surface area (Å²) < 4.78 is 2.00. The van der Waals surface area contributed by atoms with Gasteiger partial charge in [-0.1, -0.05) is 25.1 Å². The van der Waals surface area contributed by atoms with Gasteiger partial charge in [-0.15, -0.1) is 10.2 Å². The van der Waals surface area contributed by atoms with Crippen LogP contribution in [0.15, 0.2) is 36.7 Å². The van der Waals surface area contributed by atoms with Crippen molar-refractivity contribution in [3.05, 3.63) is 42.5 Å². The highest BCUT2D eigenvalue weighted by Crippen LogP contribution is 2.18. The molecule has 84 valence electrons. The maximum Gasteiger partial charge on any atom is 0.141 e. The Morgan fingerprint density at radius 1 is 1.31 bits per heavy atom. The number of aromatic nitrogens is 3. The number of benzene rings is 1. The second-order valence-corrected chi connectivity index (χ2v) is 3.74. The maximum absolute atomic E-state index is 5.74. The van der Waals surface area contributed by atoms with E-state index in [1.165, 1.54) is 0 Å². The van der Waals surface area contributed by atoms with Gasteiger partial charge in [-0.2, -0.15) is 0 Å². The molecule has 0 aliphatic rings. The highest BCUT2D eigenvalue weighted by atomic mass is 15.3. The quantitative estimate of drug-likeness (QED) is 0.846. The number of rotatable bonds is 4. The molecule has 0 radical (unpaired) electrons. The zero-order valence-corrected chi connectivity index (χ0v) is 9.37. The zero-order valence-electron chi connectivity index (χ0n) is 9.37. The van der Waals surface area contributed by atoms with Crippen molar-refractivity contribution in [3.8, 4) is 5.69 Å². The number of nitrogens with zero attached hydrogens (tertiary/aromatic N) is 3. The minimum atomic E-state index is 0.266. The lowest BCUT2D eigenvalue weighted by Crippen LogP contribution is -2.16. The van der Waals surface area contributed by atoms with Crippen molar-refractivity contribution in [3.63, 3.8) is 0 Å². The average Bonchev–Trinajstić information content (AvgIpc) is 2.81. The fourth-order valence-electron chi connectivity index (χ4n) is 1.76. The molecule has 1 atom stereocenters. The molecular formula is C12H16N4. The van der Waals surface area contributed by atoms with E-state index in [1.807, 2.05) is 34.9 Å². The van der Waals surface area contributed by atoms with Crippen molar-refractivity contribution in [1.82, 2.24) is 14.8 Å². The summed E-state index contributed by atoms with van der Waals surface area (Å²) >= 11 is 0. The fourth-order valence-corrected chi connectivity index (χ4v) is 1.76. The molecule has 1 unspecified atom stereocenters. The molecule has 4 nitrogen and oxygen atoms in total. The molecular weight excluding hydrogens is 200 g/mol. The van der Waals surface area contributed by atoms with Gasteiger partial charge >= 0.3 is 0 Å². The monoisotopic (exact) mass is 216 g/mol. The predicted octanol–water partition coefficient (Wildman–Crippen LogP) is 1.72. The third-order valence-electron chi connectivity index (χ3n) is 2.75. The highest BCUT2D eigenvalue weighted by Gasteiger charge is 2.15. The second-order valence-electron chi connectivity index (χ2n) is 3.74. The topological polar surface area (TPSA) is 56.7 Å². The highest BCUT2D eigenvalue weighted by molar-refractivity contribution is 5.32. The van der Waals surface area contributed by atoms with Crippen molar-refractivity contribution in [1.29, 1.82) is 0 Å². The molecule has 0 amide bonds. The summed E-state index contributed by atoms with van der Waals surface area (Å²) in [4.78, 5) is 0. The van der Waals surface area contributed by atoms with Crippen LogP contribution in [0.4, 0.5) is 0 Å². The number of hydrogen-bond acceptors (Lipinski definition) is 3. The molecule has 0 spiro atoms. The summed E-state index contributed by atoms with van der Waals surface area (Å²) in [6.07, 6.45) is 2.71. The zero-order chi connectivity index (χ0) is 11.4. The first kappa shape index (κ1) is 10.8. The van der Waals surface area contributed by atoms with Gasteiger partial charge in [-0.25, -0.2) is 0 Å². The van der Waals surface area contributed by atoms with Crippen LogP contribution < -0.4 is 5.73 Å². The maximum atomic E-state index is 5.74. The van der Waals surface area contributed by atoms with Crippen LogP contribution in [0, 0.1) is 0 Å². The van der Waals surface area contributed by atoms with E-state index in [0.717, 1.165) is 17.9 Å². The van der Waals surface area contributed by atoms with Crippen LogP contribution in [0.2, 0.25) is 0 Å². The number of nitrogens with two attached hydrogens (primary N) is 1. The van der Waals surface area contributed by atoms with Gasteiger partial charge in [0.25, 0.3) is 0 Å². The lowest BCUT2D eigenvalue weighted by molar-refractivity contribution is 0.617. The van der Waals surface area contributed by atoms with Crippen molar-refractivity contribution < 1.29 is 0 Å². The smallest absolute Gasteiger partial charge is 0.141 e. The lowest BCUT2D eigenvalue weighted by Gasteiger charge is -2.13. The van der Waals surface area contributed by atoms with E-state index in [1.54, 1.807) is 6.33 Å². The normalized spacial score (nSPS) is 12.6. The molecule has 0 fully saturated rings. The van der Waals surface area contributed by atoms with Crippen LogP contribution in [0.25, 0.3) is 5.69 Å². The molecule has 1 aromatic carbocycles. The van der Waals surface area contributed by atoms with E-state index < -0.39 is 0 Å². The van der Waals surface area contributed by atoms with E-state index in [4.69, 9.17) is 5.73 Å². The summed E-state index contributed by atoms with van der Waals surface area (Å²) in [5, 5.41) is 8.14. The van der Waals surface area contributed by atoms with Gasteiger partial charge in [0.2, 0.25) is 0 Å². The molecule has 0 aliphatic carbocycles. The molecule has 4 heteroatoms. The minimum Gasteiger partial charge on any atom is -0.330 e. The van der Waals surface area contributed by atoms with Crippen molar-refractivity contribution >= 4 is 0 Å². The van der Waals surface area contributed by atoms with Crippen molar-refractivity contribution in [2.45, 2.75) is 19.3 Å². The first-order valence-corrected chi connectivity index (χ1v) is 5.52. The van der Waals surface area contributed by atoms with E-state index in [-0.39, 0.29) is 5.92 Å². The van der Waals surface area contributed by atoms with E-state index in [2.05, 4.69) is 17.1 Å². The van der Waals surface area contributed by atoms with Crippen molar-refractivity contribution in [2.24, 2.45) is 5.73 Å². The largest absolute Gasteiger partial charge is 0.330 e. The molecule has 0 aliphatic heterocycles. The average molecular weight is 216 g/mol. The number of hydrogen-bond donors (Lipinski definition) is 1. The van der Waals surface area contributed by atoms with Crippen LogP contribution in [0.5, 0.6) is 0 Å². The summed E-state index contributed by atoms with van der Waals surface area (Å²) in [7, 11) is 0. The molecule has 2 rings (SSSR count). The Labute approximate surface area is 95.1 Å². The Balaban J connectivity index is 2.40.